The molecule has 0 aliphatic rings. The second-order valence-electron chi connectivity index (χ2n) is 5.31. The number of esters is 1. The van der Waals surface area contributed by atoms with Crippen LogP contribution in [0.3, 0.4) is 0 Å². The van der Waals surface area contributed by atoms with Crippen molar-refractivity contribution in [3.05, 3.63) is 33.9 Å². The van der Waals surface area contributed by atoms with Crippen molar-refractivity contribution in [2.24, 2.45) is 0 Å². The van der Waals surface area contributed by atoms with Gasteiger partial charge >= 0.3 is 12.1 Å². The zero-order chi connectivity index (χ0) is 19.9. The van der Waals surface area contributed by atoms with E-state index in [0.717, 1.165) is 6.07 Å². The Labute approximate surface area is 146 Å². The van der Waals surface area contributed by atoms with Gasteiger partial charge in [-0.05, 0) is 25.5 Å². The van der Waals surface area contributed by atoms with Crippen LogP contribution in [0.2, 0.25) is 0 Å². The van der Waals surface area contributed by atoms with Gasteiger partial charge in [0.1, 0.15) is 11.7 Å². The van der Waals surface area contributed by atoms with Crippen LogP contribution >= 0.6 is 0 Å². The maximum Gasteiger partial charge on any atom is 0.416 e. The minimum absolute atomic E-state index is 0.275. The van der Waals surface area contributed by atoms with Gasteiger partial charge in [-0.15, -0.1) is 0 Å². The Kier molecular flexibility index (Phi) is 7.35. The zero-order valence-electron chi connectivity index (χ0n) is 14.1. The van der Waals surface area contributed by atoms with E-state index in [9.17, 15) is 32.9 Å². The van der Waals surface area contributed by atoms with Crippen LogP contribution in [0, 0.1) is 10.1 Å². The second-order valence-corrected chi connectivity index (χ2v) is 5.31. The summed E-state index contributed by atoms with van der Waals surface area (Å²) in [6.07, 6.45) is -4.03. The highest BCUT2D eigenvalue weighted by Gasteiger charge is 2.33. The molecule has 0 spiro atoms. The number of nitro benzene ring substituents is 1. The van der Waals surface area contributed by atoms with Gasteiger partial charge in [0.25, 0.3) is 11.6 Å². The van der Waals surface area contributed by atoms with Gasteiger partial charge in [-0.1, -0.05) is 6.92 Å². The Balaban J connectivity index is 2.79. The second kappa shape index (κ2) is 9.02. The summed E-state index contributed by atoms with van der Waals surface area (Å²) in [5, 5.41) is 15.9. The number of benzene rings is 1. The summed E-state index contributed by atoms with van der Waals surface area (Å²) >= 11 is 0. The number of alkyl halides is 3. The molecule has 2 N–H and O–H groups in total. The molecule has 1 atom stereocenters. The number of nitro groups is 1. The van der Waals surface area contributed by atoms with Crippen molar-refractivity contribution in [2.45, 2.75) is 32.5 Å². The molecule has 1 aromatic rings. The van der Waals surface area contributed by atoms with Gasteiger partial charge < -0.3 is 15.4 Å². The van der Waals surface area contributed by atoms with Crippen molar-refractivity contribution in [3.63, 3.8) is 0 Å². The van der Waals surface area contributed by atoms with Crippen LogP contribution in [0.4, 0.5) is 24.5 Å². The summed E-state index contributed by atoms with van der Waals surface area (Å²) in [4.78, 5) is 33.2. The van der Waals surface area contributed by atoms with Gasteiger partial charge in [-0.3, -0.25) is 14.9 Å². The predicted octanol–water partition coefficient (Wildman–Crippen LogP) is 2.48. The molecule has 0 unspecified atom stereocenters. The minimum Gasteiger partial charge on any atom is -0.454 e. The fourth-order valence-corrected chi connectivity index (χ4v) is 1.85. The molecule has 1 aromatic carbocycles. The number of anilines is 1. The highest BCUT2D eigenvalue weighted by Crippen LogP contribution is 2.35. The van der Waals surface area contributed by atoms with E-state index in [4.69, 9.17) is 4.74 Å². The molecular weight excluding hydrogens is 359 g/mol. The molecule has 0 saturated carbocycles. The van der Waals surface area contributed by atoms with E-state index in [1.54, 1.807) is 0 Å². The average molecular weight is 377 g/mol. The van der Waals surface area contributed by atoms with Crippen LogP contribution in [0.5, 0.6) is 0 Å². The number of rotatable bonds is 8. The first-order valence-electron chi connectivity index (χ1n) is 7.61. The largest absolute Gasteiger partial charge is 0.454 e. The third kappa shape index (κ3) is 6.22. The molecule has 0 fully saturated rings. The van der Waals surface area contributed by atoms with Crippen LogP contribution in [-0.2, 0) is 20.5 Å². The van der Waals surface area contributed by atoms with Crippen LogP contribution in [0.15, 0.2) is 18.2 Å². The topological polar surface area (TPSA) is 111 Å². The van der Waals surface area contributed by atoms with E-state index >= 15 is 0 Å². The normalized spacial score (nSPS) is 12.2. The quantitative estimate of drug-likeness (QED) is 0.409. The molecule has 0 bridgehead atoms. The van der Waals surface area contributed by atoms with Crippen molar-refractivity contribution < 1.29 is 32.4 Å². The van der Waals surface area contributed by atoms with E-state index in [-0.39, 0.29) is 5.69 Å². The number of nitrogens with zero attached hydrogens (tertiary/aromatic N) is 1. The fraction of sp³-hybridized carbons (Fsp3) is 0.467. The summed E-state index contributed by atoms with van der Waals surface area (Å²) in [5.41, 5.74) is -2.29. The standard InChI is InChI=1S/C15H18F3N3O5/c1-3-6-19-13(22)8-26-14(23)9(2)20-11-5-4-10(15(16,17)18)7-12(11)21(24)25/h4-5,7,9,20H,3,6,8H2,1-2H3,(H,19,22)/t9-/m1/s1. The summed E-state index contributed by atoms with van der Waals surface area (Å²) in [6.45, 7) is 3.03. The number of carbonyl (C=O) groups is 2. The molecule has 144 valence electrons. The summed E-state index contributed by atoms with van der Waals surface area (Å²) in [6, 6.07) is 0.771. The SMILES string of the molecule is CCCNC(=O)COC(=O)[C@@H](C)Nc1ccc(C(F)(F)F)cc1[N+](=O)[O-]. The van der Waals surface area contributed by atoms with E-state index < -0.39 is 46.9 Å². The lowest BCUT2D eigenvalue weighted by Crippen LogP contribution is -2.34. The van der Waals surface area contributed by atoms with Gasteiger partial charge in [0.2, 0.25) is 0 Å². The molecule has 0 radical (unpaired) electrons. The Bertz CT molecular complexity index is 679. The number of halogens is 3. The monoisotopic (exact) mass is 377 g/mol. The summed E-state index contributed by atoms with van der Waals surface area (Å²) < 4.78 is 42.7. The highest BCUT2D eigenvalue weighted by atomic mass is 19.4. The Morgan fingerprint density at radius 1 is 1.35 bits per heavy atom. The van der Waals surface area contributed by atoms with E-state index in [1.165, 1.54) is 6.92 Å². The van der Waals surface area contributed by atoms with Crippen molar-refractivity contribution in [1.82, 2.24) is 5.32 Å². The van der Waals surface area contributed by atoms with Gasteiger partial charge in [0.05, 0.1) is 10.5 Å². The molecule has 0 aliphatic carbocycles. The van der Waals surface area contributed by atoms with Gasteiger partial charge in [-0.25, -0.2) is 4.79 Å². The minimum atomic E-state index is -4.74. The molecular formula is C15H18F3N3O5. The number of amides is 1. The Hall–Kier alpha value is -2.85. The summed E-state index contributed by atoms with van der Waals surface area (Å²) in [5.74, 6) is -1.39. The molecule has 11 heteroatoms. The fourth-order valence-electron chi connectivity index (χ4n) is 1.85. The van der Waals surface area contributed by atoms with Crippen LogP contribution < -0.4 is 10.6 Å². The Morgan fingerprint density at radius 2 is 2.00 bits per heavy atom. The smallest absolute Gasteiger partial charge is 0.416 e. The molecule has 1 rings (SSSR count). The van der Waals surface area contributed by atoms with Crippen LogP contribution in [0.25, 0.3) is 0 Å². The maximum absolute atomic E-state index is 12.7. The van der Waals surface area contributed by atoms with E-state index in [0.29, 0.717) is 25.1 Å². The lowest BCUT2D eigenvalue weighted by Gasteiger charge is -2.15. The highest BCUT2D eigenvalue weighted by molar-refractivity contribution is 5.84. The molecule has 0 aliphatic heterocycles. The number of ether oxygens (including phenoxy) is 1. The molecule has 0 saturated heterocycles. The van der Waals surface area contributed by atoms with Crippen molar-refractivity contribution >= 4 is 23.3 Å². The number of carbonyl (C=O) groups excluding carboxylic acids is 2. The lowest BCUT2D eigenvalue weighted by molar-refractivity contribution is -0.384. The number of nitrogens with one attached hydrogen (secondary N) is 2. The summed E-state index contributed by atoms with van der Waals surface area (Å²) in [7, 11) is 0. The van der Waals surface area contributed by atoms with Crippen molar-refractivity contribution in [2.75, 3.05) is 18.5 Å². The average Bonchev–Trinajstić information content (AvgIpc) is 2.56. The molecule has 26 heavy (non-hydrogen) atoms. The molecule has 0 aromatic heterocycles. The van der Waals surface area contributed by atoms with Gasteiger partial charge in [0.15, 0.2) is 6.61 Å². The molecule has 0 heterocycles. The van der Waals surface area contributed by atoms with E-state index in [2.05, 4.69) is 10.6 Å². The van der Waals surface area contributed by atoms with Crippen molar-refractivity contribution in [1.29, 1.82) is 0 Å². The van der Waals surface area contributed by atoms with Gasteiger partial charge in [0, 0.05) is 12.6 Å². The lowest BCUT2D eigenvalue weighted by atomic mass is 10.1. The van der Waals surface area contributed by atoms with Crippen LogP contribution in [-0.4, -0.2) is 36.0 Å². The zero-order valence-corrected chi connectivity index (χ0v) is 14.1. The number of hydrogen-bond acceptors (Lipinski definition) is 6. The predicted molar refractivity (Wildman–Crippen MR) is 85.4 cm³/mol. The van der Waals surface area contributed by atoms with Crippen LogP contribution in [0.1, 0.15) is 25.8 Å². The number of hydrogen-bond donors (Lipinski definition) is 2. The van der Waals surface area contributed by atoms with Crippen molar-refractivity contribution in [3.8, 4) is 0 Å². The molecule has 8 nitrogen and oxygen atoms in total. The Morgan fingerprint density at radius 3 is 2.54 bits per heavy atom. The third-order valence-electron chi connectivity index (χ3n) is 3.17. The van der Waals surface area contributed by atoms with E-state index in [1.807, 2.05) is 6.92 Å². The maximum atomic E-state index is 12.7. The first-order valence-corrected chi connectivity index (χ1v) is 7.61. The third-order valence-corrected chi connectivity index (χ3v) is 3.17. The van der Waals surface area contributed by atoms with Gasteiger partial charge in [-0.2, -0.15) is 13.2 Å². The first-order chi connectivity index (χ1) is 12.1. The molecule has 1 amide bonds. The first kappa shape index (κ1) is 21.2.